The molecule has 0 aliphatic heterocycles. The van der Waals surface area contributed by atoms with E-state index in [1.54, 1.807) is 11.3 Å². The first kappa shape index (κ1) is 16.7. The molecule has 4 rings (SSSR count). The summed E-state index contributed by atoms with van der Waals surface area (Å²) in [4.78, 5) is 1.24. The van der Waals surface area contributed by atoms with Crippen LogP contribution in [0.25, 0.3) is 5.65 Å². The first-order valence-corrected chi connectivity index (χ1v) is 9.65. The molecule has 6 nitrogen and oxygen atoms in total. The van der Waals surface area contributed by atoms with Crippen LogP contribution in [0.2, 0.25) is 0 Å². The Morgan fingerprint density at radius 1 is 1.12 bits per heavy atom. The molecule has 1 N–H and O–H groups in total. The third kappa shape index (κ3) is 3.57. The number of nitrogens with one attached hydrogen (secondary N) is 1. The number of fused-ring (bicyclic) bond motifs is 1. The van der Waals surface area contributed by atoms with Crippen LogP contribution in [0.5, 0.6) is 0 Å². The maximum absolute atomic E-state index is 4.44. The van der Waals surface area contributed by atoms with Gasteiger partial charge in [-0.2, -0.15) is 0 Å². The normalized spacial score (nSPS) is 12.3. The number of aromatic nitrogens is 5. The van der Waals surface area contributed by atoms with E-state index in [1.807, 2.05) is 12.1 Å². The fourth-order valence-corrected chi connectivity index (χ4v) is 3.71. The molecular weight excluding hydrogens is 344 g/mol. The van der Waals surface area contributed by atoms with E-state index in [9.17, 15) is 0 Å². The lowest BCUT2D eigenvalue weighted by atomic mass is 10.0. The molecule has 0 amide bonds. The summed E-state index contributed by atoms with van der Waals surface area (Å²) in [5, 5.41) is 21.5. The Morgan fingerprint density at radius 2 is 2.00 bits per heavy atom. The van der Waals surface area contributed by atoms with Crippen LogP contribution in [0.1, 0.15) is 41.8 Å². The Hall–Kier alpha value is -2.80. The number of unbranched alkanes of at least 4 members (excludes halogenated alkanes) is 1. The molecule has 1 unspecified atom stereocenters. The number of tetrazole rings is 1. The second-order valence-electron chi connectivity index (χ2n) is 6.18. The van der Waals surface area contributed by atoms with Crippen LogP contribution < -0.4 is 5.32 Å². The van der Waals surface area contributed by atoms with Crippen LogP contribution >= 0.6 is 11.3 Å². The molecule has 0 saturated carbocycles. The van der Waals surface area contributed by atoms with E-state index < -0.39 is 0 Å². The molecule has 0 aliphatic rings. The molecule has 26 heavy (non-hydrogen) atoms. The molecule has 4 aromatic rings. The van der Waals surface area contributed by atoms with E-state index in [0.29, 0.717) is 5.65 Å². The zero-order chi connectivity index (χ0) is 17.8. The molecule has 1 aromatic carbocycles. The molecule has 0 aliphatic carbocycles. The zero-order valence-electron chi connectivity index (χ0n) is 14.5. The van der Waals surface area contributed by atoms with Crippen molar-refractivity contribution >= 4 is 22.8 Å². The van der Waals surface area contributed by atoms with Crippen molar-refractivity contribution in [2.24, 2.45) is 0 Å². The van der Waals surface area contributed by atoms with Crippen molar-refractivity contribution in [3.05, 3.63) is 69.9 Å². The summed E-state index contributed by atoms with van der Waals surface area (Å²) in [6.45, 7) is 2.22. The van der Waals surface area contributed by atoms with Gasteiger partial charge >= 0.3 is 0 Å². The number of nitrogens with zero attached hydrogens (tertiary/aromatic N) is 5. The van der Waals surface area contributed by atoms with Crippen molar-refractivity contribution in [3.63, 3.8) is 0 Å². The lowest BCUT2D eigenvalue weighted by molar-refractivity contribution is 0.731. The number of hydrogen-bond donors (Lipinski definition) is 1. The molecule has 7 heteroatoms. The Bertz CT molecular complexity index is 961. The highest BCUT2D eigenvalue weighted by atomic mass is 32.1. The first-order chi connectivity index (χ1) is 12.8. The van der Waals surface area contributed by atoms with E-state index in [2.05, 4.69) is 74.6 Å². The zero-order valence-corrected chi connectivity index (χ0v) is 15.4. The third-order valence-electron chi connectivity index (χ3n) is 4.32. The van der Waals surface area contributed by atoms with Crippen molar-refractivity contribution in [1.82, 2.24) is 25.3 Å². The number of thiophene rings is 1. The summed E-state index contributed by atoms with van der Waals surface area (Å²) in [5.41, 5.74) is 3.23. The predicted octanol–water partition coefficient (Wildman–Crippen LogP) is 4.12. The van der Waals surface area contributed by atoms with E-state index in [0.717, 1.165) is 12.2 Å². The summed E-state index contributed by atoms with van der Waals surface area (Å²) in [6, 6.07) is 16.9. The second-order valence-corrected chi connectivity index (χ2v) is 7.16. The van der Waals surface area contributed by atoms with Crippen molar-refractivity contribution in [1.29, 1.82) is 0 Å². The molecule has 3 aromatic heterocycles. The topological polar surface area (TPSA) is 68.0 Å². The monoisotopic (exact) mass is 364 g/mol. The highest BCUT2D eigenvalue weighted by Crippen LogP contribution is 2.29. The Balaban J connectivity index is 1.62. The maximum Gasteiger partial charge on any atom is 0.200 e. The molecule has 1 atom stereocenters. The van der Waals surface area contributed by atoms with Gasteiger partial charge in [0.25, 0.3) is 0 Å². The van der Waals surface area contributed by atoms with Crippen molar-refractivity contribution in [2.75, 3.05) is 5.32 Å². The van der Waals surface area contributed by atoms with Crippen LogP contribution in [0, 0.1) is 0 Å². The molecular formula is C19H20N6S. The molecule has 0 radical (unpaired) electrons. The van der Waals surface area contributed by atoms with Gasteiger partial charge in [0.2, 0.25) is 0 Å². The highest BCUT2D eigenvalue weighted by Gasteiger charge is 2.16. The van der Waals surface area contributed by atoms with Crippen LogP contribution in [0.15, 0.2) is 53.9 Å². The Labute approximate surface area is 155 Å². The van der Waals surface area contributed by atoms with Crippen molar-refractivity contribution < 1.29 is 0 Å². The van der Waals surface area contributed by atoms with E-state index in [-0.39, 0.29) is 6.04 Å². The predicted molar refractivity (Wildman–Crippen MR) is 103 cm³/mol. The fourth-order valence-electron chi connectivity index (χ4n) is 2.91. The van der Waals surface area contributed by atoms with Crippen LogP contribution in [-0.2, 0) is 6.42 Å². The molecule has 0 saturated heterocycles. The average Bonchev–Trinajstić information content (AvgIpc) is 3.36. The number of hydrogen-bond acceptors (Lipinski definition) is 6. The SMILES string of the molecule is CCCCc1ccc(C(Nc2ccc3nnnn3n2)c2cccs2)cc1. The smallest absolute Gasteiger partial charge is 0.200 e. The number of benzene rings is 1. The number of aryl methyl sites for hydroxylation is 1. The summed E-state index contributed by atoms with van der Waals surface area (Å²) in [7, 11) is 0. The summed E-state index contributed by atoms with van der Waals surface area (Å²) in [5.74, 6) is 0.734. The molecule has 0 spiro atoms. The van der Waals surface area contributed by atoms with Gasteiger partial charge in [0.1, 0.15) is 5.82 Å². The Kier molecular flexibility index (Phi) is 4.88. The van der Waals surface area contributed by atoms with E-state index in [1.165, 1.54) is 33.5 Å². The van der Waals surface area contributed by atoms with Crippen molar-refractivity contribution in [3.8, 4) is 0 Å². The van der Waals surface area contributed by atoms with Gasteiger partial charge in [-0.15, -0.1) is 26.2 Å². The van der Waals surface area contributed by atoms with Crippen molar-refractivity contribution in [2.45, 2.75) is 32.2 Å². The minimum Gasteiger partial charge on any atom is -0.357 e. The summed E-state index contributed by atoms with van der Waals surface area (Å²) < 4.78 is 1.43. The molecule has 132 valence electrons. The minimum atomic E-state index is 0.0386. The second kappa shape index (κ2) is 7.61. The average molecular weight is 364 g/mol. The van der Waals surface area contributed by atoms with Gasteiger partial charge in [-0.1, -0.05) is 43.7 Å². The van der Waals surface area contributed by atoms with Gasteiger partial charge in [-0.25, -0.2) is 0 Å². The lowest BCUT2D eigenvalue weighted by Gasteiger charge is -2.19. The van der Waals surface area contributed by atoms with Gasteiger partial charge < -0.3 is 5.32 Å². The quantitative estimate of drug-likeness (QED) is 0.534. The summed E-state index contributed by atoms with van der Waals surface area (Å²) in [6.07, 6.45) is 3.57. The molecule has 0 fully saturated rings. The highest BCUT2D eigenvalue weighted by molar-refractivity contribution is 7.10. The van der Waals surface area contributed by atoms with Crippen LogP contribution in [0.3, 0.4) is 0 Å². The standard InChI is InChI=1S/C19H20N6S/c1-2-3-5-14-7-9-15(10-8-14)19(16-6-4-13-26-16)20-17-11-12-18-21-23-24-25(18)22-17/h4,6-13,19H,2-3,5H2,1H3,(H,20,22). The van der Waals surface area contributed by atoms with Crippen LogP contribution in [-0.4, -0.2) is 25.3 Å². The van der Waals surface area contributed by atoms with Gasteiger partial charge in [0, 0.05) is 4.88 Å². The Morgan fingerprint density at radius 3 is 2.77 bits per heavy atom. The first-order valence-electron chi connectivity index (χ1n) is 8.77. The maximum atomic E-state index is 4.44. The van der Waals surface area contributed by atoms with E-state index >= 15 is 0 Å². The van der Waals surface area contributed by atoms with Gasteiger partial charge in [-0.3, -0.25) is 0 Å². The van der Waals surface area contributed by atoms with Gasteiger partial charge in [0.15, 0.2) is 5.65 Å². The fraction of sp³-hybridized carbons (Fsp3) is 0.263. The van der Waals surface area contributed by atoms with Gasteiger partial charge in [0.05, 0.1) is 6.04 Å². The van der Waals surface area contributed by atoms with Gasteiger partial charge in [-0.05, 0) is 58.0 Å². The minimum absolute atomic E-state index is 0.0386. The summed E-state index contributed by atoms with van der Waals surface area (Å²) >= 11 is 1.73. The lowest BCUT2D eigenvalue weighted by Crippen LogP contribution is -2.13. The largest absolute Gasteiger partial charge is 0.357 e. The molecule has 0 bridgehead atoms. The van der Waals surface area contributed by atoms with E-state index in [4.69, 9.17) is 0 Å². The van der Waals surface area contributed by atoms with Crippen LogP contribution in [0.4, 0.5) is 5.82 Å². The molecule has 3 heterocycles. The number of rotatable bonds is 7. The number of anilines is 1. The third-order valence-corrected chi connectivity index (χ3v) is 5.26.